The largest absolute Gasteiger partial charge is 0.466 e. The van der Waals surface area contributed by atoms with E-state index < -0.39 is 71.8 Å². The van der Waals surface area contributed by atoms with Crippen LogP contribution >= 0.6 is 23.2 Å². The zero-order chi connectivity index (χ0) is 31.9. The molecule has 1 heterocycles. The molecule has 3 rings (SSSR count). The number of halogens is 7. The van der Waals surface area contributed by atoms with Crippen molar-refractivity contribution in [3.63, 3.8) is 0 Å². The Bertz CT molecular complexity index is 1390. The predicted molar refractivity (Wildman–Crippen MR) is 149 cm³/mol. The molecule has 1 aromatic heterocycles. The number of ketones is 1. The van der Waals surface area contributed by atoms with E-state index >= 15 is 0 Å². The second-order valence-corrected chi connectivity index (χ2v) is 10.4. The van der Waals surface area contributed by atoms with E-state index in [1.807, 2.05) is 0 Å². The lowest BCUT2D eigenvalue weighted by atomic mass is 9.86. The van der Waals surface area contributed by atoms with E-state index in [4.69, 9.17) is 33.7 Å². The standard InChI is InChI=1S/C28H27Cl2F5N4O4/c1-2-43-27(42)16-3-5-19(6-4-16)38-24(28(33,34)35)20(12-36)26(41)39(13-15-9-17(31)11-18(32)10-15)14-22(40)23-21(29)7-8-37-25(23)30/h7-12,16,19H,2-6,13-14,36H2,1H3. The highest BCUT2D eigenvalue weighted by molar-refractivity contribution is 6.39. The molecule has 1 fully saturated rings. The Morgan fingerprint density at radius 1 is 1.12 bits per heavy atom. The molecule has 1 saturated carbocycles. The van der Waals surface area contributed by atoms with Crippen molar-refractivity contribution in [2.24, 2.45) is 16.6 Å². The van der Waals surface area contributed by atoms with E-state index in [1.54, 1.807) is 6.92 Å². The van der Waals surface area contributed by atoms with Crippen LogP contribution in [0.5, 0.6) is 0 Å². The number of nitrogens with zero attached hydrogens (tertiary/aromatic N) is 3. The van der Waals surface area contributed by atoms with E-state index in [9.17, 15) is 36.3 Å². The molecular formula is C28H27Cl2F5N4O4. The number of pyridine rings is 1. The molecule has 2 aromatic rings. The summed E-state index contributed by atoms with van der Waals surface area (Å²) < 4.78 is 75.8. The van der Waals surface area contributed by atoms with Gasteiger partial charge in [-0.25, -0.2) is 13.8 Å². The van der Waals surface area contributed by atoms with Crippen molar-refractivity contribution >= 4 is 46.6 Å². The molecule has 1 amide bonds. The van der Waals surface area contributed by atoms with Crippen molar-refractivity contribution in [2.75, 3.05) is 13.2 Å². The molecule has 0 saturated heterocycles. The maximum atomic E-state index is 14.3. The highest BCUT2D eigenvalue weighted by atomic mass is 35.5. The maximum absolute atomic E-state index is 14.3. The zero-order valence-corrected chi connectivity index (χ0v) is 24.3. The van der Waals surface area contributed by atoms with Gasteiger partial charge >= 0.3 is 12.1 Å². The summed E-state index contributed by atoms with van der Waals surface area (Å²) in [6, 6.07) is 2.61. The first kappa shape index (κ1) is 33.9. The number of rotatable bonds is 10. The van der Waals surface area contributed by atoms with E-state index in [0.29, 0.717) is 17.2 Å². The number of Topliss-reactive ketones (excluding diaryl/α,β-unsaturated/α-hetero) is 1. The number of ether oxygens (including phenoxy) is 1. The van der Waals surface area contributed by atoms with Crippen LogP contribution in [0.15, 0.2) is 47.2 Å². The maximum Gasteiger partial charge on any atom is 0.433 e. The number of carbonyl (C=O) groups is 3. The van der Waals surface area contributed by atoms with Gasteiger partial charge in [0.25, 0.3) is 5.91 Å². The fourth-order valence-corrected chi connectivity index (χ4v) is 5.20. The predicted octanol–water partition coefficient (Wildman–Crippen LogP) is 5.85. The minimum Gasteiger partial charge on any atom is -0.466 e. The molecule has 2 N–H and O–H groups in total. The number of aromatic nitrogens is 1. The molecule has 232 valence electrons. The van der Waals surface area contributed by atoms with E-state index in [-0.39, 0.29) is 53.6 Å². The molecule has 0 radical (unpaired) electrons. The van der Waals surface area contributed by atoms with Gasteiger partial charge in [0.1, 0.15) is 16.8 Å². The summed E-state index contributed by atoms with van der Waals surface area (Å²) in [5.74, 6) is -5.26. The lowest BCUT2D eigenvalue weighted by Gasteiger charge is -2.27. The van der Waals surface area contributed by atoms with Gasteiger partial charge in [0.15, 0.2) is 11.5 Å². The van der Waals surface area contributed by atoms with Crippen molar-refractivity contribution in [1.82, 2.24) is 9.88 Å². The van der Waals surface area contributed by atoms with Crippen LogP contribution in [-0.4, -0.2) is 58.6 Å². The van der Waals surface area contributed by atoms with Crippen LogP contribution in [0, 0.1) is 17.6 Å². The number of aliphatic imine (C=N–C) groups is 1. The van der Waals surface area contributed by atoms with Crippen molar-refractivity contribution in [1.29, 1.82) is 0 Å². The molecule has 0 spiro atoms. The van der Waals surface area contributed by atoms with Crippen LogP contribution in [-0.2, 0) is 20.9 Å². The Morgan fingerprint density at radius 2 is 1.74 bits per heavy atom. The Morgan fingerprint density at radius 3 is 2.28 bits per heavy atom. The molecule has 43 heavy (non-hydrogen) atoms. The van der Waals surface area contributed by atoms with Gasteiger partial charge in [-0.15, -0.1) is 0 Å². The SMILES string of the molecule is CCOC(=O)C1CCC(N=C(C(=CN)C(=O)N(CC(=O)c2c(Cl)ccnc2Cl)Cc2cc(F)cc(F)c2)C(F)(F)F)CC1. The third kappa shape index (κ3) is 8.96. The number of alkyl halides is 3. The highest BCUT2D eigenvalue weighted by Crippen LogP contribution is 2.31. The van der Waals surface area contributed by atoms with E-state index in [1.165, 1.54) is 12.3 Å². The number of benzene rings is 1. The van der Waals surface area contributed by atoms with E-state index in [2.05, 4.69) is 9.98 Å². The van der Waals surface area contributed by atoms with Crippen LogP contribution in [0.2, 0.25) is 10.2 Å². The average Bonchev–Trinajstić information content (AvgIpc) is 2.91. The van der Waals surface area contributed by atoms with Gasteiger partial charge in [-0.2, -0.15) is 13.2 Å². The number of amides is 1. The van der Waals surface area contributed by atoms with Gasteiger partial charge < -0.3 is 15.4 Å². The minimum atomic E-state index is -5.16. The number of hydrogen-bond acceptors (Lipinski definition) is 7. The summed E-state index contributed by atoms with van der Waals surface area (Å²) in [5.41, 5.74) is 2.37. The highest BCUT2D eigenvalue weighted by Gasteiger charge is 2.43. The van der Waals surface area contributed by atoms with Crippen molar-refractivity contribution in [3.05, 3.63) is 75.2 Å². The monoisotopic (exact) mass is 648 g/mol. The molecular weight excluding hydrogens is 622 g/mol. The van der Waals surface area contributed by atoms with E-state index in [0.717, 1.165) is 12.1 Å². The molecule has 0 atom stereocenters. The first-order valence-corrected chi connectivity index (χ1v) is 13.8. The van der Waals surface area contributed by atoms with Crippen molar-refractivity contribution in [3.8, 4) is 0 Å². The molecule has 0 unspecified atom stereocenters. The van der Waals surface area contributed by atoms with Gasteiger partial charge in [0.05, 0.1) is 41.3 Å². The molecule has 0 bridgehead atoms. The van der Waals surface area contributed by atoms with Crippen LogP contribution in [0.25, 0.3) is 0 Å². The number of esters is 1. The van der Waals surface area contributed by atoms with Crippen LogP contribution < -0.4 is 5.73 Å². The van der Waals surface area contributed by atoms with Gasteiger partial charge in [-0.3, -0.25) is 19.4 Å². The quantitative estimate of drug-likeness (QED) is 0.0864. The number of hydrogen-bond donors (Lipinski definition) is 1. The summed E-state index contributed by atoms with van der Waals surface area (Å²) >= 11 is 12.1. The topological polar surface area (TPSA) is 115 Å². The number of carbonyl (C=O) groups excluding carboxylic acids is 3. The molecule has 1 aliphatic carbocycles. The van der Waals surface area contributed by atoms with Gasteiger partial charge in [0, 0.05) is 25.0 Å². The Balaban J connectivity index is 1.97. The second kappa shape index (κ2) is 14.7. The molecule has 0 aliphatic heterocycles. The van der Waals surface area contributed by atoms with Gasteiger partial charge in [-0.05, 0) is 56.4 Å². The van der Waals surface area contributed by atoms with Crippen molar-refractivity contribution < 1.29 is 41.1 Å². The van der Waals surface area contributed by atoms with Gasteiger partial charge in [-0.1, -0.05) is 23.2 Å². The summed E-state index contributed by atoms with van der Waals surface area (Å²) in [5, 5.41) is -0.466. The lowest BCUT2D eigenvalue weighted by Crippen LogP contribution is -2.41. The first-order chi connectivity index (χ1) is 20.2. The van der Waals surface area contributed by atoms with Crippen LogP contribution in [0.1, 0.15) is 48.5 Å². The van der Waals surface area contributed by atoms with Crippen LogP contribution in [0.4, 0.5) is 22.0 Å². The summed E-state index contributed by atoms with van der Waals surface area (Å²) in [4.78, 5) is 47.0. The Hall–Kier alpha value is -3.58. The fourth-order valence-electron chi connectivity index (χ4n) is 4.64. The Kier molecular flexibility index (Phi) is 11.6. The molecule has 1 aromatic carbocycles. The fraction of sp³-hybridized carbons (Fsp3) is 0.393. The average molecular weight is 649 g/mol. The molecule has 8 nitrogen and oxygen atoms in total. The van der Waals surface area contributed by atoms with Crippen molar-refractivity contribution in [2.45, 2.75) is 51.4 Å². The summed E-state index contributed by atoms with van der Waals surface area (Å²) in [6.07, 6.45) is -2.86. The lowest BCUT2D eigenvalue weighted by molar-refractivity contribution is -0.149. The second-order valence-electron chi connectivity index (χ2n) is 9.63. The summed E-state index contributed by atoms with van der Waals surface area (Å²) in [7, 11) is 0. The number of nitrogens with two attached hydrogens (primary N) is 1. The molecule has 15 heteroatoms. The zero-order valence-electron chi connectivity index (χ0n) is 22.8. The molecule has 1 aliphatic rings. The third-order valence-electron chi connectivity index (χ3n) is 6.60. The summed E-state index contributed by atoms with van der Waals surface area (Å²) in [6.45, 7) is 0.210. The van der Waals surface area contributed by atoms with Gasteiger partial charge in [0.2, 0.25) is 0 Å². The minimum absolute atomic E-state index is 0.109. The van der Waals surface area contributed by atoms with Crippen LogP contribution in [0.3, 0.4) is 0 Å². The first-order valence-electron chi connectivity index (χ1n) is 13.1. The Labute approximate surface area is 253 Å². The smallest absolute Gasteiger partial charge is 0.433 e. The normalized spacial score (nSPS) is 17.9. The third-order valence-corrected chi connectivity index (χ3v) is 7.20.